The van der Waals surface area contributed by atoms with E-state index in [1.165, 1.54) is 9.87 Å². The maximum Gasteiger partial charge on any atom is 0.251 e. The van der Waals surface area contributed by atoms with E-state index in [0.717, 1.165) is 24.8 Å². The Morgan fingerprint density at radius 1 is 1.11 bits per heavy atom. The molecule has 0 atom stereocenters. The molecule has 6 heteroatoms. The van der Waals surface area contributed by atoms with Crippen molar-refractivity contribution in [2.45, 2.75) is 32.6 Å². The van der Waals surface area contributed by atoms with Gasteiger partial charge in [-0.1, -0.05) is 36.4 Å². The van der Waals surface area contributed by atoms with Crippen molar-refractivity contribution in [2.24, 2.45) is 0 Å². The number of amides is 1. The van der Waals surface area contributed by atoms with E-state index in [1.807, 2.05) is 31.2 Å². The molecule has 0 spiro atoms. The van der Waals surface area contributed by atoms with E-state index >= 15 is 0 Å². The molecule has 0 aromatic heterocycles. The van der Waals surface area contributed by atoms with Crippen LogP contribution in [0.15, 0.2) is 48.5 Å². The summed E-state index contributed by atoms with van der Waals surface area (Å²) in [5.41, 5.74) is 3.23. The first-order valence-corrected chi connectivity index (χ1v) is 11.0. The van der Waals surface area contributed by atoms with Gasteiger partial charge in [0.2, 0.25) is 10.0 Å². The van der Waals surface area contributed by atoms with Crippen molar-refractivity contribution in [2.75, 3.05) is 23.1 Å². The summed E-state index contributed by atoms with van der Waals surface area (Å²) in [6.45, 7) is 2.94. The first-order chi connectivity index (χ1) is 13.0. The normalized spacial score (nSPS) is 16.1. The van der Waals surface area contributed by atoms with Gasteiger partial charge in [-0.2, -0.15) is 0 Å². The second-order valence-electron chi connectivity index (χ2n) is 6.94. The van der Waals surface area contributed by atoms with Crippen LogP contribution >= 0.6 is 0 Å². The van der Waals surface area contributed by atoms with Crippen LogP contribution in [0.3, 0.4) is 0 Å². The molecule has 2 aromatic carbocycles. The van der Waals surface area contributed by atoms with Crippen LogP contribution in [-0.2, 0) is 16.4 Å². The lowest BCUT2D eigenvalue weighted by Gasteiger charge is -2.29. The summed E-state index contributed by atoms with van der Waals surface area (Å²) < 4.78 is 26.2. The van der Waals surface area contributed by atoms with Gasteiger partial charge in [-0.15, -0.1) is 0 Å². The minimum Gasteiger partial charge on any atom is -0.352 e. The van der Waals surface area contributed by atoms with Gasteiger partial charge in [0.05, 0.1) is 11.4 Å². The summed E-state index contributed by atoms with van der Waals surface area (Å²) in [4.78, 5) is 12.5. The Labute approximate surface area is 161 Å². The van der Waals surface area contributed by atoms with Crippen LogP contribution in [0.1, 0.15) is 40.7 Å². The van der Waals surface area contributed by atoms with Gasteiger partial charge in [0, 0.05) is 18.7 Å². The molecule has 1 N–H and O–H groups in total. The molecule has 144 valence electrons. The van der Waals surface area contributed by atoms with Crippen LogP contribution in [0.25, 0.3) is 0 Å². The third-order valence-corrected chi connectivity index (χ3v) is 6.72. The van der Waals surface area contributed by atoms with Crippen LogP contribution in [0.2, 0.25) is 0 Å². The molecule has 27 heavy (non-hydrogen) atoms. The molecule has 1 heterocycles. The lowest BCUT2D eigenvalue weighted by Crippen LogP contribution is -2.38. The monoisotopic (exact) mass is 386 g/mol. The van der Waals surface area contributed by atoms with Gasteiger partial charge >= 0.3 is 0 Å². The molecule has 2 aromatic rings. The number of nitrogens with one attached hydrogen (secondary N) is 1. The Kier molecular flexibility index (Phi) is 6.16. The zero-order chi connectivity index (χ0) is 19.3. The van der Waals surface area contributed by atoms with E-state index in [0.29, 0.717) is 30.8 Å². The van der Waals surface area contributed by atoms with E-state index < -0.39 is 10.0 Å². The molecule has 1 saturated heterocycles. The number of hydrogen-bond acceptors (Lipinski definition) is 3. The fraction of sp³-hybridized carbons (Fsp3) is 0.381. The Hall–Kier alpha value is -2.34. The largest absolute Gasteiger partial charge is 0.352 e. The average Bonchev–Trinajstić information content (AvgIpc) is 2.66. The second kappa shape index (κ2) is 8.57. The van der Waals surface area contributed by atoms with Crippen molar-refractivity contribution >= 4 is 21.6 Å². The molecule has 1 amide bonds. The topological polar surface area (TPSA) is 66.5 Å². The predicted octanol–water partition coefficient (Wildman–Crippen LogP) is 3.29. The molecule has 5 nitrogen and oxygen atoms in total. The molecule has 0 radical (unpaired) electrons. The molecule has 3 rings (SSSR count). The van der Waals surface area contributed by atoms with E-state index in [9.17, 15) is 13.2 Å². The zero-order valence-electron chi connectivity index (χ0n) is 15.6. The van der Waals surface area contributed by atoms with Crippen molar-refractivity contribution in [1.82, 2.24) is 5.32 Å². The van der Waals surface area contributed by atoms with Gasteiger partial charge in [-0.05, 0) is 55.9 Å². The third kappa shape index (κ3) is 4.89. The van der Waals surface area contributed by atoms with E-state index in [-0.39, 0.29) is 11.7 Å². The average molecular weight is 387 g/mol. The van der Waals surface area contributed by atoms with Gasteiger partial charge in [0.15, 0.2) is 0 Å². The molecule has 0 unspecified atom stereocenters. The molecule has 0 bridgehead atoms. The number of nitrogens with zero attached hydrogens (tertiary/aromatic N) is 1. The Bertz CT molecular complexity index is 895. The Morgan fingerprint density at radius 3 is 2.63 bits per heavy atom. The lowest BCUT2D eigenvalue weighted by molar-refractivity contribution is 0.0953. The Morgan fingerprint density at radius 2 is 1.89 bits per heavy atom. The van der Waals surface area contributed by atoms with Crippen molar-refractivity contribution in [1.29, 1.82) is 0 Å². The summed E-state index contributed by atoms with van der Waals surface area (Å²) >= 11 is 0. The summed E-state index contributed by atoms with van der Waals surface area (Å²) in [5.74, 6) is 0.00115. The molecule has 1 aliphatic rings. The third-order valence-electron chi connectivity index (χ3n) is 4.86. The zero-order valence-corrected chi connectivity index (χ0v) is 16.5. The molecular formula is C21H26N2O3S. The molecule has 0 aliphatic carbocycles. The number of benzene rings is 2. The molecule has 0 saturated carbocycles. The van der Waals surface area contributed by atoms with Gasteiger partial charge in [0.25, 0.3) is 5.91 Å². The summed E-state index contributed by atoms with van der Waals surface area (Å²) in [7, 11) is -3.29. The van der Waals surface area contributed by atoms with E-state index in [4.69, 9.17) is 0 Å². The first-order valence-electron chi connectivity index (χ1n) is 9.40. The standard InChI is InChI=1S/C21H26N2O3S/c1-17-11-12-19(16-20(17)23-14-5-6-15-27(23,25)26)21(24)22-13-7-10-18-8-3-2-4-9-18/h2-4,8-9,11-12,16H,5-7,10,13-15H2,1H3,(H,22,24). The maximum atomic E-state index is 12.5. The highest BCUT2D eigenvalue weighted by Crippen LogP contribution is 2.27. The SMILES string of the molecule is Cc1ccc(C(=O)NCCCc2ccccc2)cc1N1CCCCS1(=O)=O. The molecular weight excluding hydrogens is 360 g/mol. The second-order valence-corrected chi connectivity index (χ2v) is 8.95. The number of hydrogen-bond donors (Lipinski definition) is 1. The highest BCUT2D eigenvalue weighted by molar-refractivity contribution is 7.92. The number of aryl methyl sites for hydroxylation is 2. The fourth-order valence-corrected chi connectivity index (χ4v) is 5.01. The van der Waals surface area contributed by atoms with Crippen LogP contribution in [0.4, 0.5) is 5.69 Å². The van der Waals surface area contributed by atoms with Gasteiger partial charge in [0.1, 0.15) is 0 Å². The number of carbonyl (C=O) groups is 1. The number of anilines is 1. The van der Waals surface area contributed by atoms with Gasteiger partial charge in [-0.3, -0.25) is 9.10 Å². The predicted molar refractivity (Wildman–Crippen MR) is 109 cm³/mol. The molecule has 1 fully saturated rings. The smallest absolute Gasteiger partial charge is 0.251 e. The Balaban J connectivity index is 1.63. The highest BCUT2D eigenvalue weighted by atomic mass is 32.2. The van der Waals surface area contributed by atoms with Crippen molar-refractivity contribution in [3.63, 3.8) is 0 Å². The van der Waals surface area contributed by atoms with Crippen LogP contribution in [0.5, 0.6) is 0 Å². The highest BCUT2D eigenvalue weighted by Gasteiger charge is 2.27. The number of sulfonamides is 1. The van der Waals surface area contributed by atoms with Gasteiger partial charge in [-0.25, -0.2) is 8.42 Å². The van der Waals surface area contributed by atoms with Gasteiger partial charge < -0.3 is 5.32 Å². The van der Waals surface area contributed by atoms with Crippen LogP contribution in [0, 0.1) is 6.92 Å². The quantitative estimate of drug-likeness (QED) is 0.775. The van der Waals surface area contributed by atoms with Crippen molar-refractivity contribution in [3.8, 4) is 0 Å². The minimum absolute atomic E-state index is 0.168. The number of carbonyl (C=O) groups excluding carboxylic acids is 1. The fourth-order valence-electron chi connectivity index (χ4n) is 3.32. The number of rotatable bonds is 6. The van der Waals surface area contributed by atoms with E-state index in [1.54, 1.807) is 12.1 Å². The summed E-state index contributed by atoms with van der Waals surface area (Å²) in [6, 6.07) is 15.4. The summed E-state index contributed by atoms with van der Waals surface area (Å²) in [5, 5.41) is 2.93. The first kappa shape index (κ1) is 19.4. The van der Waals surface area contributed by atoms with E-state index in [2.05, 4.69) is 17.4 Å². The minimum atomic E-state index is -3.29. The summed E-state index contributed by atoms with van der Waals surface area (Å²) in [6.07, 6.45) is 3.30. The lowest BCUT2D eigenvalue weighted by atomic mass is 10.1. The van der Waals surface area contributed by atoms with Crippen LogP contribution < -0.4 is 9.62 Å². The van der Waals surface area contributed by atoms with Crippen LogP contribution in [-0.4, -0.2) is 33.2 Å². The van der Waals surface area contributed by atoms with Crippen molar-refractivity contribution < 1.29 is 13.2 Å². The molecule has 1 aliphatic heterocycles. The maximum absolute atomic E-state index is 12.5. The van der Waals surface area contributed by atoms with Crippen molar-refractivity contribution in [3.05, 3.63) is 65.2 Å².